The van der Waals surface area contributed by atoms with Crippen molar-refractivity contribution in [1.82, 2.24) is 15.6 Å². The van der Waals surface area contributed by atoms with Gasteiger partial charge in [-0.1, -0.05) is 48.0 Å². The maximum atomic E-state index is 13.4. The SMILES string of the molecule is CC(NC(=O)CNCc1cccc(F)c1Cl)C(C)OC(=O)Nc1cc2ccccc2cn1. The van der Waals surface area contributed by atoms with Crippen LogP contribution < -0.4 is 16.0 Å². The summed E-state index contributed by atoms with van der Waals surface area (Å²) in [6, 6.07) is 13.5. The summed E-state index contributed by atoms with van der Waals surface area (Å²) in [5, 5.41) is 10.2. The number of carbonyl (C=O) groups is 2. The van der Waals surface area contributed by atoms with E-state index >= 15 is 0 Å². The second kappa shape index (κ2) is 10.9. The summed E-state index contributed by atoms with van der Waals surface area (Å²) >= 11 is 5.90. The van der Waals surface area contributed by atoms with E-state index in [9.17, 15) is 14.0 Å². The van der Waals surface area contributed by atoms with Crippen molar-refractivity contribution in [2.45, 2.75) is 32.5 Å². The first kappa shape index (κ1) is 23.4. The first-order valence-electron chi connectivity index (χ1n) is 10.1. The van der Waals surface area contributed by atoms with Gasteiger partial charge in [-0.25, -0.2) is 14.2 Å². The Balaban J connectivity index is 1.42. The number of hydrogen-bond acceptors (Lipinski definition) is 5. The van der Waals surface area contributed by atoms with Gasteiger partial charge in [0.2, 0.25) is 5.91 Å². The summed E-state index contributed by atoms with van der Waals surface area (Å²) in [5.41, 5.74) is 0.559. The molecular weight excluding hydrogens is 435 g/mol. The Morgan fingerprint density at radius 1 is 1.12 bits per heavy atom. The predicted molar refractivity (Wildman–Crippen MR) is 122 cm³/mol. The van der Waals surface area contributed by atoms with Gasteiger partial charge in [0.1, 0.15) is 17.7 Å². The Kier molecular flexibility index (Phi) is 7.97. The molecule has 3 N–H and O–H groups in total. The summed E-state index contributed by atoms with van der Waals surface area (Å²) in [6.45, 7) is 3.65. The van der Waals surface area contributed by atoms with Crippen molar-refractivity contribution in [3.63, 3.8) is 0 Å². The lowest BCUT2D eigenvalue weighted by Crippen LogP contribution is -2.45. The zero-order valence-electron chi connectivity index (χ0n) is 17.7. The Morgan fingerprint density at radius 2 is 1.88 bits per heavy atom. The first-order chi connectivity index (χ1) is 15.3. The molecule has 0 saturated carbocycles. The zero-order valence-corrected chi connectivity index (χ0v) is 18.4. The molecule has 0 radical (unpaired) electrons. The Bertz CT molecular complexity index is 1110. The molecule has 3 rings (SSSR count). The van der Waals surface area contributed by atoms with Crippen LogP contribution in [0.15, 0.2) is 54.7 Å². The molecule has 1 heterocycles. The average Bonchev–Trinajstić information content (AvgIpc) is 2.76. The molecule has 2 aromatic carbocycles. The normalized spacial score (nSPS) is 12.8. The molecule has 2 atom stereocenters. The second-order valence-corrected chi connectivity index (χ2v) is 7.70. The average molecular weight is 459 g/mol. The number of amides is 2. The van der Waals surface area contributed by atoms with Gasteiger partial charge in [-0.05, 0) is 36.9 Å². The van der Waals surface area contributed by atoms with E-state index in [-0.39, 0.29) is 24.0 Å². The van der Waals surface area contributed by atoms with E-state index in [2.05, 4.69) is 20.9 Å². The van der Waals surface area contributed by atoms with Crippen molar-refractivity contribution in [2.75, 3.05) is 11.9 Å². The molecule has 0 fully saturated rings. The minimum absolute atomic E-state index is 0.00287. The van der Waals surface area contributed by atoms with E-state index in [0.717, 1.165) is 10.8 Å². The van der Waals surface area contributed by atoms with Crippen molar-refractivity contribution >= 4 is 40.2 Å². The van der Waals surface area contributed by atoms with Gasteiger partial charge in [-0.15, -0.1) is 0 Å². The van der Waals surface area contributed by atoms with E-state index in [4.69, 9.17) is 16.3 Å². The molecule has 0 saturated heterocycles. The number of nitrogens with one attached hydrogen (secondary N) is 3. The van der Waals surface area contributed by atoms with Crippen molar-refractivity contribution in [1.29, 1.82) is 0 Å². The molecular formula is C23H24ClFN4O3. The van der Waals surface area contributed by atoms with E-state index in [1.54, 1.807) is 38.2 Å². The van der Waals surface area contributed by atoms with E-state index in [1.807, 2.05) is 24.3 Å². The van der Waals surface area contributed by atoms with Crippen LogP contribution in [-0.4, -0.2) is 35.7 Å². The molecule has 168 valence electrons. The summed E-state index contributed by atoms with van der Waals surface area (Å²) < 4.78 is 18.8. The van der Waals surface area contributed by atoms with Crippen LogP contribution in [0.1, 0.15) is 19.4 Å². The van der Waals surface area contributed by atoms with Crippen LogP contribution in [0.3, 0.4) is 0 Å². The number of pyridine rings is 1. The Hall–Kier alpha value is -3.23. The standard InChI is InChI=1S/C23H24ClFN4O3/c1-14(28-21(30)13-26-11-18-8-5-9-19(25)22(18)24)15(2)32-23(31)29-20-10-16-6-3-4-7-17(16)12-27-20/h3-10,12,14-15,26H,11,13H2,1-2H3,(H,28,30)(H,27,29,31). The molecule has 7 nitrogen and oxygen atoms in total. The molecule has 2 amide bonds. The first-order valence-corrected chi connectivity index (χ1v) is 10.5. The van der Waals surface area contributed by atoms with Crippen molar-refractivity contribution in [3.05, 3.63) is 71.1 Å². The molecule has 0 aliphatic carbocycles. The monoisotopic (exact) mass is 458 g/mol. The lowest BCUT2D eigenvalue weighted by Gasteiger charge is -2.22. The van der Waals surface area contributed by atoms with Gasteiger partial charge < -0.3 is 15.4 Å². The van der Waals surface area contributed by atoms with Crippen LogP contribution >= 0.6 is 11.6 Å². The fourth-order valence-electron chi connectivity index (χ4n) is 2.97. The largest absolute Gasteiger partial charge is 0.444 e. The summed E-state index contributed by atoms with van der Waals surface area (Å²) in [6.07, 6.45) is 0.415. The summed E-state index contributed by atoms with van der Waals surface area (Å²) in [7, 11) is 0. The Labute approximate surface area is 190 Å². The van der Waals surface area contributed by atoms with Crippen LogP contribution in [0.25, 0.3) is 10.8 Å². The smallest absolute Gasteiger partial charge is 0.413 e. The molecule has 32 heavy (non-hydrogen) atoms. The number of hydrogen-bond donors (Lipinski definition) is 3. The van der Waals surface area contributed by atoms with Crippen LogP contribution in [0.5, 0.6) is 0 Å². The van der Waals surface area contributed by atoms with Crippen LogP contribution in [0, 0.1) is 5.82 Å². The fraction of sp³-hybridized carbons (Fsp3) is 0.261. The number of rotatable bonds is 8. The lowest BCUT2D eigenvalue weighted by molar-refractivity contribution is -0.121. The molecule has 0 bridgehead atoms. The maximum Gasteiger partial charge on any atom is 0.413 e. The van der Waals surface area contributed by atoms with Gasteiger partial charge in [0, 0.05) is 18.1 Å². The highest BCUT2D eigenvalue weighted by molar-refractivity contribution is 6.31. The van der Waals surface area contributed by atoms with Crippen LogP contribution in [0.4, 0.5) is 15.0 Å². The third-order valence-corrected chi connectivity index (χ3v) is 5.30. The number of carbonyl (C=O) groups excluding carboxylic acids is 2. The van der Waals surface area contributed by atoms with E-state index in [1.165, 1.54) is 6.07 Å². The summed E-state index contributed by atoms with van der Waals surface area (Å²) in [5.74, 6) is -0.429. The molecule has 0 aliphatic heterocycles. The van der Waals surface area contributed by atoms with Crippen LogP contribution in [0.2, 0.25) is 5.02 Å². The lowest BCUT2D eigenvalue weighted by atomic mass is 10.2. The number of benzene rings is 2. The van der Waals surface area contributed by atoms with Gasteiger partial charge in [0.25, 0.3) is 0 Å². The van der Waals surface area contributed by atoms with Crippen LogP contribution in [-0.2, 0) is 16.1 Å². The predicted octanol–water partition coefficient (Wildman–Crippen LogP) is 4.26. The molecule has 3 aromatic rings. The molecule has 9 heteroatoms. The van der Waals surface area contributed by atoms with Gasteiger partial charge in [-0.2, -0.15) is 0 Å². The number of anilines is 1. The number of fused-ring (bicyclic) bond motifs is 1. The number of aromatic nitrogens is 1. The number of ether oxygens (including phenoxy) is 1. The van der Waals surface area contributed by atoms with Gasteiger partial charge in [-0.3, -0.25) is 10.1 Å². The highest BCUT2D eigenvalue weighted by Gasteiger charge is 2.19. The molecule has 0 spiro atoms. The third-order valence-electron chi connectivity index (χ3n) is 4.88. The quantitative estimate of drug-likeness (QED) is 0.469. The minimum atomic E-state index is -0.666. The third kappa shape index (κ3) is 6.38. The molecule has 0 aliphatic rings. The number of halogens is 2. The second-order valence-electron chi connectivity index (χ2n) is 7.32. The van der Waals surface area contributed by atoms with Gasteiger partial charge in [0.15, 0.2) is 0 Å². The van der Waals surface area contributed by atoms with E-state index < -0.39 is 24.1 Å². The zero-order chi connectivity index (χ0) is 23.1. The molecule has 1 aromatic heterocycles. The fourth-order valence-corrected chi connectivity index (χ4v) is 3.17. The molecule has 2 unspecified atom stereocenters. The minimum Gasteiger partial charge on any atom is -0.444 e. The number of nitrogens with zero attached hydrogens (tertiary/aromatic N) is 1. The highest BCUT2D eigenvalue weighted by atomic mass is 35.5. The topological polar surface area (TPSA) is 92.4 Å². The Morgan fingerprint density at radius 3 is 2.66 bits per heavy atom. The highest BCUT2D eigenvalue weighted by Crippen LogP contribution is 2.19. The van der Waals surface area contributed by atoms with Crippen molar-refractivity contribution < 1.29 is 18.7 Å². The van der Waals surface area contributed by atoms with Gasteiger partial charge >= 0.3 is 6.09 Å². The van der Waals surface area contributed by atoms with Crippen molar-refractivity contribution in [2.24, 2.45) is 0 Å². The summed E-state index contributed by atoms with van der Waals surface area (Å²) in [4.78, 5) is 28.5. The van der Waals surface area contributed by atoms with Crippen molar-refractivity contribution in [3.8, 4) is 0 Å². The maximum absolute atomic E-state index is 13.4. The van der Waals surface area contributed by atoms with E-state index in [0.29, 0.717) is 11.4 Å². The van der Waals surface area contributed by atoms with Gasteiger partial charge in [0.05, 0.1) is 17.6 Å².